The van der Waals surface area contributed by atoms with Gasteiger partial charge in [0.05, 0.1) is 10.6 Å². The molecule has 1 N–H and O–H groups in total. The van der Waals surface area contributed by atoms with Crippen molar-refractivity contribution in [3.63, 3.8) is 0 Å². The topological polar surface area (TPSA) is 96.0 Å². The Morgan fingerprint density at radius 1 is 1.03 bits per heavy atom. The van der Waals surface area contributed by atoms with E-state index in [-0.39, 0.29) is 22.7 Å². The molecule has 37 heavy (non-hydrogen) atoms. The molecule has 4 rings (SSSR count). The summed E-state index contributed by atoms with van der Waals surface area (Å²) in [6.07, 6.45) is 0.277. The van der Waals surface area contributed by atoms with Crippen LogP contribution in [0.4, 0.5) is 20.2 Å². The third kappa shape index (κ3) is 5.62. The van der Waals surface area contributed by atoms with Crippen molar-refractivity contribution >= 4 is 33.2 Å². The lowest BCUT2D eigenvalue weighted by molar-refractivity contribution is -0.117. The summed E-state index contributed by atoms with van der Waals surface area (Å²) < 4.78 is 61.3. The molecule has 194 valence electrons. The number of aryl methyl sites for hydroxylation is 1. The minimum Gasteiger partial charge on any atom is -0.492 e. The van der Waals surface area contributed by atoms with E-state index in [0.29, 0.717) is 35.2 Å². The highest BCUT2D eigenvalue weighted by Gasteiger charge is 2.35. The number of carbonyl (C=O) groups excluding carboxylic acids is 2. The summed E-state index contributed by atoms with van der Waals surface area (Å²) >= 11 is 0. The van der Waals surface area contributed by atoms with Crippen molar-refractivity contribution in [3.8, 4) is 5.75 Å². The molecule has 1 aliphatic heterocycles. The summed E-state index contributed by atoms with van der Waals surface area (Å²) in [6.45, 7) is 1.10. The largest absolute Gasteiger partial charge is 0.492 e. The van der Waals surface area contributed by atoms with Crippen molar-refractivity contribution in [2.75, 3.05) is 36.9 Å². The lowest BCUT2D eigenvalue weighted by Gasteiger charge is -2.29. The van der Waals surface area contributed by atoms with Gasteiger partial charge in [0.15, 0.2) is 0 Å². The molecule has 0 atom stereocenters. The van der Waals surface area contributed by atoms with E-state index in [1.807, 2.05) is 19.0 Å². The van der Waals surface area contributed by atoms with Gasteiger partial charge in [-0.15, -0.1) is 0 Å². The molecule has 0 aliphatic carbocycles. The third-order valence-corrected chi connectivity index (χ3v) is 7.50. The van der Waals surface area contributed by atoms with Crippen LogP contribution in [0.3, 0.4) is 0 Å². The lowest BCUT2D eigenvalue weighted by atomic mass is 10.0. The van der Waals surface area contributed by atoms with E-state index in [1.165, 1.54) is 36.4 Å². The number of nitrogens with zero attached hydrogens (tertiary/aromatic N) is 2. The molecule has 0 saturated carbocycles. The Hall–Kier alpha value is -3.83. The Balaban J connectivity index is 1.62. The monoisotopic (exact) mass is 529 g/mol. The number of anilines is 2. The Kier molecular flexibility index (Phi) is 7.55. The van der Waals surface area contributed by atoms with E-state index < -0.39 is 39.0 Å². The summed E-state index contributed by atoms with van der Waals surface area (Å²) in [5.74, 6) is -3.27. The fourth-order valence-electron chi connectivity index (χ4n) is 3.85. The van der Waals surface area contributed by atoms with Crippen molar-refractivity contribution < 1.29 is 31.5 Å². The SMILES string of the molecule is CN(C)CCOc1ccc(S(=O)(=O)N2C(=O)CCc3ccc(NC(=O)c4c(F)cccc4F)cc32)cc1. The molecule has 0 unspecified atom stereocenters. The van der Waals surface area contributed by atoms with Crippen LogP contribution >= 0.6 is 0 Å². The van der Waals surface area contributed by atoms with Gasteiger partial charge in [0.1, 0.15) is 29.6 Å². The molecule has 2 amide bonds. The van der Waals surface area contributed by atoms with Gasteiger partial charge in [-0.05, 0) is 74.6 Å². The summed E-state index contributed by atoms with van der Waals surface area (Å²) in [6, 6.07) is 13.1. The molecule has 0 bridgehead atoms. The number of nitrogens with one attached hydrogen (secondary N) is 1. The second kappa shape index (κ2) is 10.7. The number of halogens is 2. The molecule has 0 aromatic heterocycles. The van der Waals surface area contributed by atoms with Gasteiger partial charge in [-0.1, -0.05) is 12.1 Å². The number of amides is 2. The number of rotatable bonds is 8. The summed E-state index contributed by atoms with van der Waals surface area (Å²) in [5.41, 5.74) is -0.0594. The number of hydrogen-bond acceptors (Lipinski definition) is 6. The van der Waals surface area contributed by atoms with Crippen LogP contribution in [0.2, 0.25) is 0 Å². The number of sulfonamides is 1. The Labute approximate surface area is 213 Å². The van der Waals surface area contributed by atoms with Crippen LogP contribution in [0.15, 0.2) is 65.6 Å². The molecule has 11 heteroatoms. The number of likely N-dealkylation sites (N-methyl/N-ethyl adjacent to an activating group) is 1. The predicted molar refractivity (Wildman–Crippen MR) is 134 cm³/mol. The molecule has 3 aromatic rings. The molecule has 0 spiro atoms. The van der Waals surface area contributed by atoms with E-state index in [1.54, 1.807) is 6.07 Å². The van der Waals surface area contributed by atoms with Gasteiger partial charge >= 0.3 is 0 Å². The number of benzene rings is 3. The molecule has 3 aromatic carbocycles. The van der Waals surface area contributed by atoms with Crippen LogP contribution in [-0.2, 0) is 21.2 Å². The standard InChI is InChI=1S/C26H25F2N3O5S/c1-30(2)14-15-36-19-9-11-20(12-10-19)37(34,35)31-23-16-18(8-6-17(23)7-13-24(31)32)29-26(33)25-21(27)4-3-5-22(25)28/h3-6,8-12,16H,7,13-15H2,1-2H3,(H,29,33). The van der Waals surface area contributed by atoms with E-state index >= 15 is 0 Å². The van der Waals surface area contributed by atoms with Crippen LogP contribution in [0.5, 0.6) is 5.75 Å². The van der Waals surface area contributed by atoms with Gasteiger partial charge in [0.25, 0.3) is 15.9 Å². The molecule has 1 heterocycles. The summed E-state index contributed by atoms with van der Waals surface area (Å²) in [4.78, 5) is 27.2. The Morgan fingerprint density at radius 2 is 1.70 bits per heavy atom. The van der Waals surface area contributed by atoms with Gasteiger partial charge < -0.3 is 15.0 Å². The number of fused-ring (bicyclic) bond motifs is 1. The van der Waals surface area contributed by atoms with E-state index in [4.69, 9.17) is 4.74 Å². The molecular weight excluding hydrogens is 504 g/mol. The van der Waals surface area contributed by atoms with Gasteiger partial charge in [-0.2, -0.15) is 0 Å². The van der Waals surface area contributed by atoms with Crippen molar-refractivity contribution in [2.45, 2.75) is 17.7 Å². The van der Waals surface area contributed by atoms with Gasteiger partial charge in [-0.3, -0.25) is 9.59 Å². The zero-order chi connectivity index (χ0) is 26.7. The first-order valence-electron chi connectivity index (χ1n) is 11.4. The summed E-state index contributed by atoms with van der Waals surface area (Å²) in [5, 5.41) is 2.38. The minimum absolute atomic E-state index is 0.0237. The minimum atomic E-state index is -4.30. The van der Waals surface area contributed by atoms with Gasteiger partial charge in [0.2, 0.25) is 5.91 Å². The zero-order valence-electron chi connectivity index (χ0n) is 20.2. The molecule has 0 fully saturated rings. The number of hydrogen-bond donors (Lipinski definition) is 1. The number of carbonyl (C=O) groups is 2. The Bertz CT molecular complexity index is 1420. The second-order valence-electron chi connectivity index (χ2n) is 8.68. The van der Waals surface area contributed by atoms with Crippen molar-refractivity contribution in [2.24, 2.45) is 0 Å². The maximum Gasteiger partial charge on any atom is 0.270 e. The van der Waals surface area contributed by atoms with Crippen LogP contribution in [0.25, 0.3) is 0 Å². The fourth-order valence-corrected chi connectivity index (χ4v) is 5.33. The van der Waals surface area contributed by atoms with Crippen LogP contribution < -0.4 is 14.4 Å². The molecular formula is C26H25F2N3O5S. The van der Waals surface area contributed by atoms with E-state index in [2.05, 4.69) is 5.32 Å². The smallest absolute Gasteiger partial charge is 0.270 e. The van der Waals surface area contributed by atoms with Gasteiger partial charge in [0, 0.05) is 18.7 Å². The van der Waals surface area contributed by atoms with Gasteiger partial charge in [-0.25, -0.2) is 21.5 Å². The van der Waals surface area contributed by atoms with Crippen LogP contribution in [-0.4, -0.2) is 52.4 Å². The predicted octanol–water partition coefficient (Wildman–Crippen LogP) is 3.83. The maximum absolute atomic E-state index is 14.0. The highest BCUT2D eigenvalue weighted by Crippen LogP contribution is 2.35. The molecule has 0 radical (unpaired) electrons. The lowest BCUT2D eigenvalue weighted by Crippen LogP contribution is -2.40. The van der Waals surface area contributed by atoms with E-state index in [9.17, 15) is 26.8 Å². The quantitative estimate of drug-likeness (QED) is 0.477. The maximum atomic E-state index is 14.0. The second-order valence-corrected chi connectivity index (χ2v) is 10.5. The van der Waals surface area contributed by atoms with Crippen molar-refractivity contribution in [1.82, 2.24) is 4.90 Å². The fraction of sp³-hybridized carbons (Fsp3) is 0.231. The molecule has 8 nitrogen and oxygen atoms in total. The number of ether oxygens (including phenoxy) is 1. The highest BCUT2D eigenvalue weighted by molar-refractivity contribution is 7.93. The average Bonchev–Trinajstić information content (AvgIpc) is 2.83. The van der Waals surface area contributed by atoms with Crippen molar-refractivity contribution in [1.29, 1.82) is 0 Å². The highest BCUT2D eigenvalue weighted by atomic mass is 32.2. The van der Waals surface area contributed by atoms with Crippen LogP contribution in [0.1, 0.15) is 22.3 Å². The first kappa shape index (κ1) is 26.2. The van der Waals surface area contributed by atoms with Crippen LogP contribution in [0, 0.1) is 11.6 Å². The first-order chi connectivity index (χ1) is 17.6. The van der Waals surface area contributed by atoms with Crippen molar-refractivity contribution in [3.05, 3.63) is 83.4 Å². The first-order valence-corrected chi connectivity index (χ1v) is 12.9. The normalized spacial score (nSPS) is 13.4. The molecule has 0 saturated heterocycles. The summed E-state index contributed by atoms with van der Waals surface area (Å²) in [7, 11) is -0.490. The Morgan fingerprint density at radius 3 is 2.35 bits per heavy atom. The zero-order valence-corrected chi connectivity index (χ0v) is 21.0. The average molecular weight is 530 g/mol. The molecule has 1 aliphatic rings. The third-order valence-electron chi connectivity index (χ3n) is 5.76. The van der Waals surface area contributed by atoms with E-state index in [0.717, 1.165) is 18.2 Å².